The molecule has 1 heterocycles. The molecule has 104 valence electrons. The Morgan fingerprint density at radius 2 is 1.95 bits per heavy atom. The van der Waals surface area contributed by atoms with Crippen LogP contribution in [-0.4, -0.2) is 29.2 Å². The first-order valence-corrected chi connectivity index (χ1v) is 7.59. The van der Waals surface area contributed by atoms with Crippen LogP contribution in [0.4, 0.5) is 0 Å². The summed E-state index contributed by atoms with van der Waals surface area (Å²) in [5.41, 5.74) is 3.66. The minimum Gasteiger partial charge on any atom is -0.389 e. The normalized spacial score (nSPS) is 27.0. The molecule has 1 fully saturated rings. The van der Waals surface area contributed by atoms with Gasteiger partial charge in [-0.1, -0.05) is 43.0 Å². The maximum absolute atomic E-state index is 11.1. The van der Waals surface area contributed by atoms with Gasteiger partial charge in [0.05, 0.1) is 5.60 Å². The molecular formula is C17H25NO. The van der Waals surface area contributed by atoms with E-state index in [0.29, 0.717) is 5.92 Å². The van der Waals surface area contributed by atoms with Crippen molar-refractivity contribution < 1.29 is 5.11 Å². The summed E-state index contributed by atoms with van der Waals surface area (Å²) in [5.74, 6) is 0.294. The molecule has 0 bridgehead atoms. The van der Waals surface area contributed by atoms with Gasteiger partial charge in [0.25, 0.3) is 0 Å². The number of likely N-dealkylation sites (N-methyl/N-ethyl adjacent to an activating group) is 1. The first-order chi connectivity index (χ1) is 9.08. The standard InChI is InChI=1S/C17H25NO/c1-13-6-7-15-14(10-13)11-18(2)12-16(15)17(19)8-4-3-5-9-17/h6-7,10,16,19H,3-5,8-9,11-12H2,1-2H3. The molecule has 1 aromatic rings. The lowest BCUT2D eigenvalue weighted by Crippen LogP contribution is -2.46. The van der Waals surface area contributed by atoms with Gasteiger partial charge in [0.15, 0.2) is 0 Å². The van der Waals surface area contributed by atoms with Crippen molar-refractivity contribution in [3.63, 3.8) is 0 Å². The SMILES string of the molecule is Cc1ccc2c(c1)CN(C)CC2C1(O)CCCCC1. The Balaban J connectivity index is 1.98. The Bertz CT molecular complexity index is 462. The van der Waals surface area contributed by atoms with Gasteiger partial charge in [0.2, 0.25) is 0 Å². The van der Waals surface area contributed by atoms with E-state index in [1.807, 2.05) is 0 Å². The minimum absolute atomic E-state index is 0.294. The third-order valence-electron chi connectivity index (χ3n) is 4.98. The second-order valence-corrected chi connectivity index (χ2v) is 6.62. The monoisotopic (exact) mass is 259 g/mol. The van der Waals surface area contributed by atoms with Crippen molar-refractivity contribution in [2.75, 3.05) is 13.6 Å². The van der Waals surface area contributed by atoms with Crippen LogP contribution in [0.25, 0.3) is 0 Å². The van der Waals surface area contributed by atoms with Crippen molar-refractivity contribution in [2.24, 2.45) is 0 Å². The first-order valence-electron chi connectivity index (χ1n) is 7.59. The number of benzene rings is 1. The molecular weight excluding hydrogens is 234 g/mol. The van der Waals surface area contributed by atoms with Gasteiger partial charge in [0.1, 0.15) is 0 Å². The van der Waals surface area contributed by atoms with Crippen LogP contribution in [-0.2, 0) is 6.54 Å². The van der Waals surface area contributed by atoms with Crippen molar-refractivity contribution in [3.05, 3.63) is 34.9 Å². The van der Waals surface area contributed by atoms with Gasteiger partial charge in [0, 0.05) is 19.0 Å². The van der Waals surface area contributed by atoms with E-state index in [1.165, 1.54) is 36.0 Å². The molecule has 1 unspecified atom stereocenters. The highest BCUT2D eigenvalue weighted by Crippen LogP contribution is 2.43. The Labute approximate surface area is 116 Å². The summed E-state index contributed by atoms with van der Waals surface area (Å²) in [6.07, 6.45) is 5.58. The van der Waals surface area contributed by atoms with Gasteiger partial charge in [-0.15, -0.1) is 0 Å². The van der Waals surface area contributed by atoms with Crippen LogP contribution in [0.3, 0.4) is 0 Å². The number of nitrogens with zero attached hydrogens (tertiary/aromatic N) is 1. The van der Waals surface area contributed by atoms with Gasteiger partial charge in [-0.05, 0) is 37.9 Å². The number of aliphatic hydroxyl groups is 1. The predicted octanol–water partition coefficient (Wildman–Crippen LogP) is 3.22. The minimum atomic E-state index is -0.475. The van der Waals surface area contributed by atoms with E-state index in [1.54, 1.807) is 0 Å². The predicted molar refractivity (Wildman–Crippen MR) is 78.3 cm³/mol. The van der Waals surface area contributed by atoms with Crippen LogP contribution in [0, 0.1) is 6.92 Å². The van der Waals surface area contributed by atoms with E-state index in [4.69, 9.17) is 0 Å². The molecule has 0 spiro atoms. The van der Waals surface area contributed by atoms with E-state index in [9.17, 15) is 5.11 Å². The topological polar surface area (TPSA) is 23.5 Å². The highest BCUT2D eigenvalue weighted by Gasteiger charge is 2.41. The molecule has 1 aliphatic carbocycles. The van der Waals surface area contributed by atoms with E-state index in [0.717, 1.165) is 25.9 Å². The third kappa shape index (κ3) is 2.44. The van der Waals surface area contributed by atoms with Crippen molar-refractivity contribution >= 4 is 0 Å². The van der Waals surface area contributed by atoms with Gasteiger partial charge < -0.3 is 10.0 Å². The fourth-order valence-electron chi connectivity index (χ4n) is 3.95. The van der Waals surface area contributed by atoms with Crippen LogP contribution in [0.5, 0.6) is 0 Å². The molecule has 0 amide bonds. The summed E-state index contributed by atoms with van der Waals surface area (Å²) in [6.45, 7) is 4.16. The highest BCUT2D eigenvalue weighted by atomic mass is 16.3. The molecule has 1 N–H and O–H groups in total. The van der Waals surface area contributed by atoms with E-state index in [-0.39, 0.29) is 0 Å². The average Bonchev–Trinajstić information content (AvgIpc) is 2.38. The zero-order chi connectivity index (χ0) is 13.5. The van der Waals surface area contributed by atoms with Crippen molar-refractivity contribution in [3.8, 4) is 0 Å². The largest absolute Gasteiger partial charge is 0.389 e. The average molecular weight is 259 g/mol. The van der Waals surface area contributed by atoms with Gasteiger partial charge in [-0.3, -0.25) is 0 Å². The van der Waals surface area contributed by atoms with Crippen molar-refractivity contribution in [2.45, 2.75) is 57.1 Å². The van der Waals surface area contributed by atoms with Crippen LogP contribution in [0.1, 0.15) is 54.7 Å². The number of aryl methyl sites for hydroxylation is 1. The quantitative estimate of drug-likeness (QED) is 0.837. The summed E-state index contributed by atoms with van der Waals surface area (Å²) >= 11 is 0. The second kappa shape index (κ2) is 4.92. The van der Waals surface area contributed by atoms with Gasteiger partial charge in [-0.25, -0.2) is 0 Å². The first kappa shape index (κ1) is 13.1. The number of hydrogen-bond acceptors (Lipinski definition) is 2. The highest BCUT2D eigenvalue weighted by molar-refractivity contribution is 5.38. The lowest BCUT2D eigenvalue weighted by molar-refractivity contribution is -0.0333. The smallest absolute Gasteiger partial charge is 0.0728 e. The maximum atomic E-state index is 11.1. The van der Waals surface area contributed by atoms with Gasteiger partial charge >= 0.3 is 0 Å². The summed E-state index contributed by atoms with van der Waals surface area (Å²) in [5, 5.41) is 11.1. The number of rotatable bonds is 1. The van der Waals surface area contributed by atoms with Crippen molar-refractivity contribution in [1.29, 1.82) is 0 Å². The third-order valence-corrected chi connectivity index (χ3v) is 4.98. The lowest BCUT2D eigenvalue weighted by atomic mass is 9.70. The molecule has 1 aliphatic heterocycles. The van der Waals surface area contributed by atoms with Crippen LogP contribution >= 0.6 is 0 Å². The van der Waals surface area contributed by atoms with Crippen LogP contribution in [0.2, 0.25) is 0 Å². The van der Waals surface area contributed by atoms with Crippen LogP contribution in [0.15, 0.2) is 18.2 Å². The lowest BCUT2D eigenvalue weighted by Gasteiger charge is -2.44. The Kier molecular flexibility index (Phi) is 3.40. The number of hydrogen-bond donors (Lipinski definition) is 1. The van der Waals surface area contributed by atoms with Gasteiger partial charge in [-0.2, -0.15) is 0 Å². The fraction of sp³-hybridized carbons (Fsp3) is 0.647. The van der Waals surface area contributed by atoms with Crippen LogP contribution < -0.4 is 0 Å². The molecule has 2 aliphatic rings. The summed E-state index contributed by atoms with van der Waals surface area (Å²) in [6, 6.07) is 6.75. The molecule has 1 atom stereocenters. The Hall–Kier alpha value is -0.860. The molecule has 0 saturated heterocycles. The van der Waals surface area contributed by atoms with E-state index in [2.05, 4.69) is 37.1 Å². The Morgan fingerprint density at radius 3 is 2.68 bits per heavy atom. The Morgan fingerprint density at radius 1 is 1.21 bits per heavy atom. The number of fused-ring (bicyclic) bond motifs is 1. The second-order valence-electron chi connectivity index (χ2n) is 6.62. The molecule has 3 rings (SSSR count). The summed E-state index contributed by atoms with van der Waals surface area (Å²) in [7, 11) is 2.17. The fourth-order valence-corrected chi connectivity index (χ4v) is 3.95. The zero-order valence-corrected chi connectivity index (χ0v) is 12.2. The van der Waals surface area contributed by atoms with Crippen molar-refractivity contribution in [1.82, 2.24) is 4.90 Å². The van der Waals surface area contributed by atoms with E-state index < -0.39 is 5.60 Å². The maximum Gasteiger partial charge on any atom is 0.0728 e. The molecule has 2 heteroatoms. The molecule has 19 heavy (non-hydrogen) atoms. The molecule has 0 radical (unpaired) electrons. The summed E-state index contributed by atoms with van der Waals surface area (Å²) < 4.78 is 0. The molecule has 1 saturated carbocycles. The van der Waals surface area contributed by atoms with E-state index >= 15 is 0 Å². The zero-order valence-electron chi connectivity index (χ0n) is 12.2. The molecule has 2 nitrogen and oxygen atoms in total. The summed E-state index contributed by atoms with van der Waals surface area (Å²) in [4.78, 5) is 2.36. The molecule has 1 aromatic carbocycles. The molecule has 0 aromatic heterocycles.